The highest BCUT2D eigenvalue weighted by Crippen LogP contribution is 2.30. The van der Waals surface area contributed by atoms with Crippen LogP contribution in [0.25, 0.3) is 10.2 Å². The first kappa shape index (κ1) is 19.7. The third-order valence-corrected chi connectivity index (χ3v) is 6.97. The molecule has 3 heterocycles. The Bertz CT molecular complexity index is 1120. The summed E-state index contributed by atoms with van der Waals surface area (Å²) in [6, 6.07) is 5.02. The molecule has 11 heteroatoms. The molecule has 0 aliphatic carbocycles. The van der Waals surface area contributed by atoms with Crippen LogP contribution in [0.5, 0.6) is 0 Å². The SMILES string of the molecule is CN1CCC(C(=O)Nc2nc3ccc(NS(=O)(=O)c4cnccn4)cc3s2)CC1. The normalized spacial score (nSPS) is 16.0. The molecule has 1 aliphatic heterocycles. The molecular formula is C18H20N6O3S2. The second-order valence-corrected chi connectivity index (χ2v) is 9.58. The lowest BCUT2D eigenvalue weighted by Crippen LogP contribution is -2.35. The summed E-state index contributed by atoms with van der Waals surface area (Å²) in [5.41, 5.74) is 1.08. The number of amides is 1. The van der Waals surface area contributed by atoms with E-state index in [1.165, 1.54) is 29.9 Å². The first-order valence-corrected chi connectivity index (χ1v) is 11.4. The van der Waals surface area contributed by atoms with Gasteiger partial charge in [0, 0.05) is 18.3 Å². The van der Waals surface area contributed by atoms with Gasteiger partial charge in [-0.15, -0.1) is 0 Å². The standard InChI is InChI=1S/C18H20N6O3S2/c1-24-8-4-12(5-9-24)17(25)22-18-21-14-3-2-13(10-15(14)28-18)23-29(26,27)16-11-19-6-7-20-16/h2-3,6-7,10-12,23H,4-5,8-9H2,1H3,(H,21,22,25). The summed E-state index contributed by atoms with van der Waals surface area (Å²) in [5.74, 6) is -0.0201. The van der Waals surface area contributed by atoms with E-state index in [4.69, 9.17) is 0 Å². The summed E-state index contributed by atoms with van der Waals surface area (Å²) in [6.07, 6.45) is 5.58. The predicted octanol–water partition coefficient (Wildman–Crippen LogP) is 2.17. The molecule has 152 valence electrons. The van der Waals surface area contributed by atoms with E-state index in [1.807, 2.05) is 0 Å². The number of fused-ring (bicyclic) bond motifs is 1. The van der Waals surface area contributed by atoms with Gasteiger partial charge in [-0.1, -0.05) is 11.3 Å². The largest absolute Gasteiger partial charge is 0.306 e. The molecule has 2 aromatic heterocycles. The Labute approximate surface area is 172 Å². The van der Waals surface area contributed by atoms with E-state index in [1.54, 1.807) is 18.2 Å². The summed E-state index contributed by atoms with van der Waals surface area (Å²) in [6.45, 7) is 1.82. The van der Waals surface area contributed by atoms with Crippen LogP contribution in [0.3, 0.4) is 0 Å². The number of nitrogens with zero attached hydrogens (tertiary/aromatic N) is 4. The van der Waals surface area contributed by atoms with Crippen molar-refractivity contribution in [2.24, 2.45) is 5.92 Å². The number of carbonyl (C=O) groups excluding carboxylic acids is 1. The van der Waals surface area contributed by atoms with Crippen molar-refractivity contribution in [3.63, 3.8) is 0 Å². The lowest BCUT2D eigenvalue weighted by molar-refractivity contribution is -0.121. The third kappa shape index (κ3) is 4.52. The zero-order chi connectivity index (χ0) is 20.4. The fourth-order valence-corrected chi connectivity index (χ4v) is 5.00. The second kappa shape index (κ2) is 8.01. The highest BCUT2D eigenvalue weighted by Gasteiger charge is 2.24. The molecule has 0 saturated carbocycles. The second-order valence-electron chi connectivity index (χ2n) is 6.92. The minimum atomic E-state index is -3.83. The van der Waals surface area contributed by atoms with Crippen LogP contribution in [-0.4, -0.2) is 54.3 Å². The van der Waals surface area contributed by atoms with Crippen molar-refractivity contribution in [3.05, 3.63) is 36.8 Å². The van der Waals surface area contributed by atoms with E-state index in [0.29, 0.717) is 16.3 Å². The number of anilines is 2. The van der Waals surface area contributed by atoms with Crippen LogP contribution in [0.15, 0.2) is 41.8 Å². The molecule has 1 aromatic carbocycles. The molecule has 0 radical (unpaired) electrons. The molecule has 1 saturated heterocycles. The molecule has 3 aromatic rings. The number of nitrogens with one attached hydrogen (secondary N) is 2. The van der Waals surface area contributed by atoms with E-state index in [-0.39, 0.29) is 16.9 Å². The Morgan fingerprint density at radius 1 is 1.24 bits per heavy atom. The Balaban J connectivity index is 1.48. The minimum absolute atomic E-state index is 0.00688. The zero-order valence-corrected chi connectivity index (χ0v) is 17.3. The van der Waals surface area contributed by atoms with Crippen LogP contribution in [0.2, 0.25) is 0 Å². The van der Waals surface area contributed by atoms with Gasteiger partial charge in [-0.25, -0.2) is 9.97 Å². The number of sulfonamides is 1. The number of hydrogen-bond donors (Lipinski definition) is 2. The van der Waals surface area contributed by atoms with Crippen LogP contribution in [0.4, 0.5) is 10.8 Å². The summed E-state index contributed by atoms with van der Waals surface area (Å²) in [7, 11) is -1.77. The molecule has 2 N–H and O–H groups in total. The first-order valence-electron chi connectivity index (χ1n) is 9.09. The van der Waals surface area contributed by atoms with E-state index in [0.717, 1.165) is 30.6 Å². The van der Waals surface area contributed by atoms with Gasteiger partial charge in [-0.2, -0.15) is 8.42 Å². The highest BCUT2D eigenvalue weighted by molar-refractivity contribution is 7.92. The molecule has 0 atom stereocenters. The molecule has 9 nitrogen and oxygen atoms in total. The third-order valence-electron chi connectivity index (χ3n) is 4.77. The van der Waals surface area contributed by atoms with Crippen molar-refractivity contribution in [2.45, 2.75) is 17.9 Å². The number of thiazole rings is 1. The zero-order valence-electron chi connectivity index (χ0n) is 15.7. The predicted molar refractivity (Wildman–Crippen MR) is 111 cm³/mol. The Kier molecular flexibility index (Phi) is 5.43. The average Bonchev–Trinajstić information content (AvgIpc) is 3.10. The van der Waals surface area contributed by atoms with Gasteiger partial charge in [0.1, 0.15) is 0 Å². The van der Waals surface area contributed by atoms with Crippen molar-refractivity contribution < 1.29 is 13.2 Å². The quantitative estimate of drug-likeness (QED) is 0.634. The van der Waals surface area contributed by atoms with E-state index >= 15 is 0 Å². The van der Waals surface area contributed by atoms with Crippen molar-refractivity contribution in [3.8, 4) is 0 Å². The van der Waals surface area contributed by atoms with Crippen LogP contribution < -0.4 is 10.0 Å². The fraction of sp³-hybridized carbons (Fsp3) is 0.333. The van der Waals surface area contributed by atoms with Gasteiger partial charge >= 0.3 is 0 Å². The maximum absolute atomic E-state index is 12.5. The van der Waals surface area contributed by atoms with Crippen LogP contribution in [0, 0.1) is 5.92 Å². The monoisotopic (exact) mass is 432 g/mol. The first-order chi connectivity index (χ1) is 13.9. The van der Waals surface area contributed by atoms with Gasteiger partial charge in [0.15, 0.2) is 10.2 Å². The average molecular weight is 433 g/mol. The van der Waals surface area contributed by atoms with Gasteiger partial charge in [-0.05, 0) is 51.2 Å². The number of aromatic nitrogens is 3. The molecule has 0 unspecified atom stereocenters. The molecule has 1 fully saturated rings. The van der Waals surface area contributed by atoms with Gasteiger partial charge in [0.05, 0.1) is 22.1 Å². The number of hydrogen-bond acceptors (Lipinski definition) is 8. The maximum atomic E-state index is 12.5. The van der Waals surface area contributed by atoms with Gasteiger partial charge in [0.2, 0.25) is 5.91 Å². The van der Waals surface area contributed by atoms with E-state index in [9.17, 15) is 13.2 Å². The number of carbonyl (C=O) groups is 1. The van der Waals surface area contributed by atoms with E-state index < -0.39 is 10.0 Å². The highest BCUT2D eigenvalue weighted by atomic mass is 32.2. The molecule has 4 rings (SSSR count). The van der Waals surface area contributed by atoms with Crippen molar-refractivity contribution >= 4 is 48.3 Å². The summed E-state index contributed by atoms with van der Waals surface area (Å²) in [4.78, 5) is 26.7. The number of benzene rings is 1. The maximum Gasteiger partial charge on any atom is 0.280 e. The Morgan fingerprint density at radius 2 is 2.03 bits per heavy atom. The fourth-order valence-electron chi connectivity index (χ4n) is 3.15. The number of piperidine rings is 1. The summed E-state index contributed by atoms with van der Waals surface area (Å²) < 4.78 is 28.1. The van der Waals surface area contributed by atoms with Gasteiger partial charge < -0.3 is 10.2 Å². The lowest BCUT2D eigenvalue weighted by Gasteiger charge is -2.27. The number of rotatable bonds is 5. The molecular weight excluding hydrogens is 412 g/mol. The lowest BCUT2D eigenvalue weighted by atomic mass is 9.96. The van der Waals surface area contributed by atoms with Crippen molar-refractivity contribution in [1.82, 2.24) is 19.9 Å². The molecule has 1 amide bonds. The molecule has 0 bridgehead atoms. The van der Waals surface area contributed by atoms with Crippen LogP contribution >= 0.6 is 11.3 Å². The Morgan fingerprint density at radius 3 is 2.76 bits per heavy atom. The molecule has 1 aliphatic rings. The topological polar surface area (TPSA) is 117 Å². The van der Waals surface area contributed by atoms with Gasteiger partial charge in [-0.3, -0.25) is 14.5 Å². The summed E-state index contributed by atoms with van der Waals surface area (Å²) in [5, 5.41) is 3.26. The summed E-state index contributed by atoms with van der Waals surface area (Å²) >= 11 is 1.31. The Hall–Kier alpha value is -2.63. The minimum Gasteiger partial charge on any atom is -0.306 e. The number of likely N-dealkylation sites (tertiary alicyclic amines) is 1. The van der Waals surface area contributed by atoms with Crippen molar-refractivity contribution in [2.75, 3.05) is 30.2 Å². The van der Waals surface area contributed by atoms with E-state index in [2.05, 4.69) is 36.9 Å². The molecule has 29 heavy (non-hydrogen) atoms. The van der Waals surface area contributed by atoms with Crippen LogP contribution in [0.1, 0.15) is 12.8 Å². The van der Waals surface area contributed by atoms with Gasteiger partial charge in [0.25, 0.3) is 10.0 Å². The van der Waals surface area contributed by atoms with Crippen molar-refractivity contribution in [1.29, 1.82) is 0 Å². The molecule has 0 spiro atoms. The smallest absolute Gasteiger partial charge is 0.280 e. The van der Waals surface area contributed by atoms with Crippen LogP contribution in [-0.2, 0) is 14.8 Å².